The summed E-state index contributed by atoms with van der Waals surface area (Å²) in [5.41, 5.74) is 0. The Kier molecular flexibility index (Phi) is 13.5. The van der Waals surface area contributed by atoms with Crippen LogP contribution < -0.4 is 0 Å². The molecule has 0 amide bonds. The Bertz CT molecular complexity index is 312. The largest absolute Gasteiger partial charge is 0.270 e. The van der Waals surface area contributed by atoms with Gasteiger partial charge in [-0.25, -0.2) is 0 Å². The molecule has 0 fully saturated rings. The summed E-state index contributed by atoms with van der Waals surface area (Å²) in [4.78, 5) is 0. The van der Waals surface area contributed by atoms with Crippen molar-refractivity contribution in [3.8, 4) is 0 Å². The second-order valence-corrected chi connectivity index (χ2v) is 7.90. The molecule has 128 valence electrons. The normalized spacial score (nSPS) is 13.5. The predicted octanol–water partition coefficient (Wildman–Crippen LogP) is 5.30. The molecule has 0 aliphatic rings. The Morgan fingerprint density at radius 1 is 0.762 bits per heavy atom. The molecule has 0 spiro atoms. The molecule has 0 aromatic heterocycles. The summed E-state index contributed by atoms with van der Waals surface area (Å²) in [5.74, 6) is 0.405. The van der Waals surface area contributed by atoms with Crippen LogP contribution >= 0.6 is 0 Å². The molecule has 0 aromatic carbocycles. The predicted molar refractivity (Wildman–Crippen MR) is 91.0 cm³/mol. The molecule has 0 bridgehead atoms. The van der Waals surface area contributed by atoms with E-state index in [0.717, 1.165) is 19.1 Å². The van der Waals surface area contributed by atoms with Crippen LogP contribution in [0.1, 0.15) is 90.9 Å². The van der Waals surface area contributed by atoms with Crippen molar-refractivity contribution in [2.45, 2.75) is 90.9 Å². The van der Waals surface area contributed by atoms with Crippen LogP contribution in [0.2, 0.25) is 0 Å². The quantitative estimate of drug-likeness (QED) is 0.304. The smallest absolute Gasteiger partial charge is 0.264 e. The lowest BCUT2D eigenvalue weighted by molar-refractivity contribution is 0.231. The van der Waals surface area contributed by atoms with Gasteiger partial charge in [-0.2, -0.15) is 8.42 Å². The molecule has 0 saturated carbocycles. The second-order valence-electron chi connectivity index (χ2n) is 6.26. The third kappa shape index (κ3) is 16.1. The highest BCUT2D eigenvalue weighted by Gasteiger charge is 2.12. The molecule has 3 nitrogen and oxygen atoms in total. The number of rotatable bonds is 15. The van der Waals surface area contributed by atoms with Gasteiger partial charge < -0.3 is 0 Å². The van der Waals surface area contributed by atoms with Crippen LogP contribution in [0.3, 0.4) is 0 Å². The van der Waals surface area contributed by atoms with Crippen molar-refractivity contribution in [1.82, 2.24) is 0 Å². The number of unbranched alkanes of at least 4 members (excludes halogenated alkanes) is 8. The second kappa shape index (κ2) is 13.6. The van der Waals surface area contributed by atoms with Crippen LogP contribution in [0.5, 0.6) is 0 Å². The van der Waals surface area contributed by atoms with Crippen molar-refractivity contribution in [3.05, 3.63) is 0 Å². The van der Waals surface area contributed by atoms with Crippen molar-refractivity contribution < 1.29 is 12.6 Å². The van der Waals surface area contributed by atoms with Gasteiger partial charge in [0.1, 0.15) is 0 Å². The standard InChI is InChI=1S/C17H36O3S/c1-4-6-8-10-11-13-15-17(14-12-9-7-5-2)16-20-21(3,18)19/h17H,4-16H2,1-3H3. The van der Waals surface area contributed by atoms with Crippen LogP contribution in [0.15, 0.2) is 0 Å². The minimum Gasteiger partial charge on any atom is -0.270 e. The minimum atomic E-state index is -3.30. The summed E-state index contributed by atoms with van der Waals surface area (Å²) >= 11 is 0. The third-order valence-electron chi connectivity index (χ3n) is 3.95. The average Bonchev–Trinajstić information content (AvgIpc) is 2.42. The van der Waals surface area contributed by atoms with Crippen molar-refractivity contribution >= 4 is 10.1 Å². The van der Waals surface area contributed by atoms with Crippen LogP contribution in [-0.4, -0.2) is 21.3 Å². The van der Waals surface area contributed by atoms with Crippen LogP contribution in [-0.2, 0) is 14.3 Å². The molecular weight excluding hydrogens is 284 g/mol. The van der Waals surface area contributed by atoms with Gasteiger partial charge in [-0.15, -0.1) is 0 Å². The molecule has 0 aliphatic heterocycles. The first-order chi connectivity index (χ1) is 9.99. The summed E-state index contributed by atoms with van der Waals surface area (Å²) < 4.78 is 27.3. The maximum atomic E-state index is 11.1. The molecule has 21 heavy (non-hydrogen) atoms. The highest BCUT2D eigenvalue weighted by atomic mass is 32.2. The Morgan fingerprint density at radius 3 is 1.67 bits per heavy atom. The molecule has 0 aromatic rings. The van der Waals surface area contributed by atoms with E-state index in [4.69, 9.17) is 4.18 Å². The van der Waals surface area contributed by atoms with E-state index in [1.54, 1.807) is 0 Å². The first-order valence-electron chi connectivity index (χ1n) is 8.84. The molecule has 1 unspecified atom stereocenters. The van der Waals surface area contributed by atoms with Gasteiger partial charge >= 0.3 is 0 Å². The fraction of sp³-hybridized carbons (Fsp3) is 1.00. The number of hydrogen-bond acceptors (Lipinski definition) is 3. The fourth-order valence-corrected chi connectivity index (χ4v) is 3.04. The molecule has 0 aliphatic carbocycles. The monoisotopic (exact) mass is 320 g/mol. The molecular formula is C17H36O3S. The lowest BCUT2D eigenvalue weighted by Crippen LogP contribution is -2.14. The highest BCUT2D eigenvalue weighted by Crippen LogP contribution is 2.19. The van der Waals surface area contributed by atoms with Crippen LogP contribution in [0, 0.1) is 5.92 Å². The minimum absolute atomic E-state index is 0.375. The van der Waals surface area contributed by atoms with Crippen molar-refractivity contribution in [3.63, 3.8) is 0 Å². The Morgan fingerprint density at radius 2 is 1.19 bits per heavy atom. The lowest BCUT2D eigenvalue weighted by Gasteiger charge is -2.16. The van der Waals surface area contributed by atoms with Crippen molar-refractivity contribution in [1.29, 1.82) is 0 Å². The van der Waals surface area contributed by atoms with Gasteiger partial charge in [-0.05, 0) is 18.8 Å². The van der Waals surface area contributed by atoms with E-state index < -0.39 is 10.1 Å². The molecule has 0 rings (SSSR count). The van der Waals surface area contributed by atoms with Gasteiger partial charge in [-0.1, -0.05) is 78.1 Å². The van der Waals surface area contributed by atoms with Gasteiger partial charge in [0.05, 0.1) is 12.9 Å². The average molecular weight is 321 g/mol. The van der Waals surface area contributed by atoms with Gasteiger partial charge in [0.15, 0.2) is 0 Å². The first kappa shape index (κ1) is 20.9. The molecule has 1 atom stereocenters. The van der Waals surface area contributed by atoms with E-state index in [0.29, 0.717) is 12.5 Å². The van der Waals surface area contributed by atoms with Gasteiger partial charge in [-0.3, -0.25) is 4.18 Å². The fourth-order valence-electron chi connectivity index (χ4n) is 2.60. The topological polar surface area (TPSA) is 43.4 Å². The molecule has 4 heteroatoms. The number of hydrogen-bond donors (Lipinski definition) is 0. The Labute approximate surface area is 133 Å². The Balaban J connectivity index is 3.88. The Hall–Kier alpha value is -0.0900. The zero-order valence-electron chi connectivity index (χ0n) is 14.4. The molecule has 0 saturated heterocycles. The first-order valence-corrected chi connectivity index (χ1v) is 10.7. The van der Waals surface area contributed by atoms with E-state index in [2.05, 4.69) is 13.8 Å². The van der Waals surface area contributed by atoms with E-state index in [1.165, 1.54) is 64.2 Å². The van der Waals surface area contributed by atoms with E-state index in [-0.39, 0.29) is 0 Å². The maximum absolute atomic E-state index is 11.1. The molecule has 0 heterocycles. The van der Waals surface area contributed by atoms with Crippen molar-refractivity contribution in [2.24, 2.45) is 5.92 Å². The highest BCUT2D eigenvalue weighted by molar-refractivity contribution is 7.85. The third-order valence-corrected chi connectivity index (χ3v) is 4.51. The summed E-state index contributed by atoms with van der Waals surface area (Å²) in [5, 5.41) is 0. The SMILES string of the molecule is CCCCCCCCC(CCCCCC)COS(C)(=O)=O. The maximum Gasteiger partial charge on any atom is 0.264 e. The summed E-state index contributed by atoms with van der Waals surface area (Å²) in [6, 6.07) is 0. The summed E-state index contributed by atoms with van der Waals surface area (Å²) in [7, 11) is -3.30. The summed E-state index contributed by atoms with van der Waals surface area (Å²) in [6.45, 7) is 4.81. The van der Waals surface area contributed by atoms with Crippen LogP contribution in [0.4, 0.5) is 0 Å². The summed E-state index contributed by atoms with van der Waals surface area (Å²) in [6.07, 6.45) is 16.0. The van der Waals surface area contributed by atoms with E-state index in [9.17, 15) is 8.42 Å². The van der Waals surface area contributed by atoms with E-state index >= 15 is 0 Å². The van der Waals surface area contributed by atoms with Gasteiger partial charge in [0, 0.05) is 0 Å². The van der Waals surface area contributed by atoms with Gasteiger partial charge in [0.2, 0.25) is 0 Å². The zero-order valence-corrected chi connectivity index (χ0v) is 15.2. The molecule has 0 N–H and O–H groups in total. The zero-order chi connectivity index (χ0) is 16.0. The van der Waals surface area contributed by atoms with Gasteiger partial charge in [0.25, 0.3) is 10.1 Å². The van der Waals surface area contributed by atoms with Crippen molar-refractivity contribution in [2.75, 3.05) is 12.9 Å². The lowest BCUT2D eigenvalue weighted by atomic mass is 9.95. The molecule has 0 radical (unpaired) electrons. The van der Waals surface area contributed by atoms with Crippen LogP contribution in [0.25, 0.3) is 0 Å². The van der Waals surface area contributed by atoms with E-state index in [1.807, 2.05) is 0 Å².